The van der Waals surface area contributed by atoms with Crippen molar-refractivity contribution in [3.63, 3.8) is 0 Å². The van der Waals surface area contributed by atoms with Gasteiger partial charge in [-0.15, -0.1) is 0 Å². The average molecular weight is 318 g/mol. The number of H-pyrrole nitrogens is 1. The minimum absolute atomic E-state index is 0.755. The molecule has 3 N–H and O–H groups in total. The van der Waals surface area contributed by atoms with E-state index in [2.05, 4.69) is 16.0 Å². The molecule has 0 aliphatic rings. The van der Waals surface area contributed by atoms with E-state index in [0.717, 1.165) is 45.5 Å². The van der Waals surface area contributed by atoms with E-state index >= 15 is 0 Å². The molecule has 1 heterocycles. The highest BCUT2D eigenvalue weighted by atomic mass is 35.5. The van der Waals surface area contributed by atoms with Gasteiger partial charge in [0.15, 0.2) is 0 Å². The lowest BCUT2D eigenvalue weighted by Crippen LogP contribution is -1.92. The number of imidazole rings is 1. The third-order valence-electron chi connectivity index (χ3n) is 3.25. The number of thioether (sulfide) groups is 1. The van der Waals surface area contributed by atoms with Crippen LogP contribution in [0.4, 0.5) is 5.69 Å². The van der Waals surface area contributed by atoms with Crippen molar-refractivity contribution < 1.29 is 0 Å². The monoisotopic (exact) mass is 317 g/mol. The van der Waals surface area contributed by atoms with Crippen molar-refractivity contribution in [2.75, 3.05) is 11.5 Å². The second-order valence-corrected chi connectivity index (χ2v) is 6.37. The fraction of sp³-hybridized carbons (Fsp3) is 0.188. The summed E-state index contributed by atoms with van der Waals surface area (Å²) in [6.07, 6.45) is 0.906. The van der Waals surface area contributed by atoms with E-state index in [0.29, 0.717) is 0 Å². The van der Waals surface area contributed by atoms with Crippen LogP contribution in [0.3, 0.4) is 0 Å². The van der Waals surface area contributed by atoms with Gasteiger partial charge in [-0.3, -0.25) is 0 Å². The average Bonchev–Trinajstić information content (AvgIpc) is 2.87. The second kappa shape index (κ2) is 6.41. The molecule has 0 atom stereocenters. The van der Waals surface area contributed by atoms with Crippen molar-refractivity contribution in [2.24, 2.45) is 0 Å². The summed E-state index contributed by atoms with van der Waals surface area (Å²) in [5, 5.41) is 0.837. The van der Waals surface area contributed by atoms with Gasteiger partial charge < -0.3 is 10.7 Å². The molecule has 3 rings (SSSR count). The minimum atomic E-state index is 0.755. The van der Waals surface area contributed by atoms with Gasteiger partial charge in [0.1, 0.15) is 5.82 Å². The van der Waals surface area contributed by atoms with E-state index in [1.807, 2.05) is 48.2 Å². The first-order valence-electron chi connectivity index (χ1n) is 6.77. The first-order chi connectivity index (χ1) is 10.2. The van der Waals surface area contributed by atoms with Crippen LogP contribution in [0, 0.1) is 0 Å². The maximum absolute atomic E-state index is 6.14. The van der Waals surface area contributed by atoms with Crippen LogP contribution in [0.15, 0.2) is 42.5 Å². The van der Waals surface area contributed by atoms with Gasteiger partial charge in [-0.25, -0.2) is 4.98 Å². The molecule has 5 heteroatoms. The zero-order valence-corrected chi connectivity index (χ0v) is 13.0. The summed E-state index contributed by atoms with van der Waals surface area (Å²) in [5.74, 6) is 2.93. The molecule has 0 bridgehead atoms. The third-order valence-corrected chi connectivity index (χ3v) is 4.63. The molecular weight excluding hydrogens is 302 g/mol. The Labute approximate surface area is 132 Å². The summed E-state index contributed by atoms with van der Waals surface area (Å²) in [7, 11) is 0. The van der Waals surface area contributed by atoms with Crippen LogP contribution < -0.4 is 5.73 Å². The standard InChI is InChI=1S/C16H16ClN3S/c17-13-4-2-1-3-11(13)10-21-8-7-16-19-14-6-5-12(18)9-15(14)20-16/h1-6,9H,7-8,10,18H2,(H,19,20). The van der Waals surface area contributed by atoms with Crippen LogP contribution >= 0.6 is 23.4 Å². The lowest BCUT2D eigenvalue weighted by molar-refractivity contribution is 1.01. The predicted octanol–water partition coefficient (Wildman–Crippen LogP) is 4.27. The smallest absolute Gasteiger partial charge is 0.108 e. The molecule has 108 valence electrons. The Bertz CT molecular complexity index is 754. The molecule has 0 saturated heterocycles. The quantitative estimate of drug-likeness (QED) is 0.545. The largest absolute Gasteiger partial charge is 0.399 e. The van der Waals surface area contributed by atoms with Gasteiger partial charge in [0.25, 0.3) is 0 Å². The first kappa shape index (κ1) is 14.3. The molecule has 0 unspecified atom stereocenters. The molecule has 0 fully saturated rings. The zero-order valence-electron chi connectivity index (χ0n) is 11.5. The number of nitrogens with zero attached hydrogens (tertiary/aromatic N) is 1. The summed E-state index contributed by atoms with van der Waals surface area (Å²) in [5.41, 5.74) is 9.68. The van der Waals surface area contributed by atoms with Gasteiger partial charge in [-0.05, 0) is 29.8 Å². The Morgan fingerprint density at radius 2 is 2.05 bits per heavy atom. The lowest BCUT2D eigenvalue weighted by Gasteiger charge is -2.03. The van der Waals surface area contributed by atoms with Crippen molar-refractivity contribution >= 4 is 40.1 Å². The Hall–Kier alpha value is -1.65. The van der Waals surface area contributed by atoms with Crippen LogP contribution in [-0.4, -0.2) is 15.7 Å². The molecule has 0 amide bonds. The van der Waals surface area contributed by atoms with Gasteiger partial charge in [0.05, 0.1) is 11.0 Å². The summed E-state index contributed by atoms with van der Waals surface area (Å²) >= 11 is 8.00. The molecule has 0 saturated carbocycles. The summed E-state index contributed by atoms with van der Waals surface area (Å²) in [6.45, 7) is 0. The maximum atomic E-state index is 6.14. The van der Waals surface area contributed by atoms with E-state index < -0.39 is 0 Å². The molecule has 0 aliphatic carbocycles. The first-order valence-corrected chi connectivity index (χ1v) is 8.31. The number of anilines is 1. The number of aromatic amines is 1. The van der Waals surface area contributed by atoms with Gasteiger partial charge in [0, 0.05) is 28.6 Å². The van der Waals surface area contributed by atoms with Crippen LogP contribution in [0.25, 0.3) is 11.0 Å². The number of rotatable bonds is 5. The normalized spacial score (nSPS) is 11.1. The van der Waals surface area contributed by atoms with Crippen molar-refractivity contribution in [3.8, 4) is 0 Å². The SMILES string of the molecule is Nc1ccc2nc(CCSCc3ccccc3Cl)[nH]c2c1. The molecule has 0 spiro atoms. The van der Waals surface area contributed by atoms with Crippen LogP contribution in [0.2, 0.25) is 5.02 Å². The van der Waals surface area contributed by atoms with Crippen LogP contribution in [0.5, 0.6) is 0 Å². The van der Waals surface area contributed by atoms with E-state index in [1.54, 1.807) is 0 Å². The van der Waals surface area contributed by atoms with Crippen LogP contribution in [-0.2, 0) is 12.2 Å². The Kier molecular flexibility index (Phi) is 4.36. The highest BCUT2D eigenvalue weighted by Crippen LogP contribution is 2.21. The number of nitrogen functional groups attached to an aromatic ring is 1. The molecule has 3 aromatic rings. The van der Waals surface area contributed by atoms with Gasteiger partial charge in [0.2, 0.25) is 0 Å². The number of hydrogen-bond acceptors (Lipinski definition) is 3. The fourth-order valence-corrected chi connectivity index (χ4v) is 3.40. The topological polar surface area (TPSA) is 54.7 Å². The number of benzene rings is 2. The highest BCUT2D eigenvalue weighted by Gasteiger charge is 2.04. The zero-order chi connectivity index (χ0) is 14.7. The summed E-state index contributed by atoms with van der Waals surface area (Å²) in [4.78, 5) is 7.88. The lowest BCUT2D eigenvalue weighted by atomic mass is 10.2. The molecule has 1 aromatic heterocycles. The summed E-state index contributed by atoms with van der Waals surface area (Å²) < 4.78 is 0. The van der Waals surface area contributed by atoms with Crippen LogP contribution in [0.1, 0.15) is 11.4 Å². The van der Waals surface area contributed by atoms with E-state index in [4.69, 9.17) is 17.3 Å². The fourth-order valence-electron chi connectivity index (χ4n) is 2.16. The third kappa shape index (κ3) is 3.52. The number of nitrogens with two attached hydrogens (primary N) is 1. The number of aromatic nitrogens is 2. The van der Waals surface area contributed by atoms with Crippen molar-refractivity contribution in [1.29, 1.82) is 0 Å². The van der Waals surface area contributed by atoms with Gasteiger partial charge >= 0.3 is 0 Å². The molecular formula is C16H16ClN3S. The van der Waals surface area contributed by atoms with Gasteiger partial charge in [-0.1, -0.05) is 29.8 Å². The predicted molar refractivity (Wildman–Crippen MR) is 91.8 cm³/mol. The van der Waals surface area contributed by atoms with Gasteiger partial charge in [-0.2, -0.15) is 11.8 Å². The Morgan fingerprint density at radius 1 is 1.19 bits per heavy atom. The Morgan fingerprint density at radius 3 is 2.90 bits per heavy atom. The number of fused-ring (bicyclic) bond motifs is 1. The van der Waals surface area contributed by atoms with E-state index in [9.17, 15) is 0 Å². The van der Waals surface area contributed by atoms with E-state index in [-0.39, 0.29) is 0 Å². The highest BCUT2D eigenvalue weighted by molar-refractivity contribution is 7.98. The summed E-state index contributed by atoms with van der Waals surface area (Å²) in [6, 6.07) is 13.7. The van der Waals surface area contributed by atoms with Crippen molar-refractivity contribution in [1.82, 2.24) is 9.97 Å². The number of nitrogens with one attached hydrogen (secondary N) is 1. The Balaban J connectivity index is 1.56. The number of aryl methyl sites for hydroxylation is 1. The molecule has 0 radical (unpaired) electrons. The second-order valence-electron chi connectivity index (χ2n) is 4.85. The van der Waals surface area contributed by atoms with Crippen molar-refractivity contribution in [3.05, 3.63) is 58.9 Å². The maximum Gasteiger partial charge on any atom is 0.108 e. The molecule has 2 aromatic carbocycles. The van der Waals surface area contributed by atoms with E-state index in [1.165, 1.54) is 5.56 Å². The number of hydrogen-bond donors (Lipinski definition) is 2. The number of halogens is 1. The van der Waals surface area contributed by atoms with Crippen molar-refractivity contribution in [2.45, 2.75) is 12.2 Å². The molecule has 21 heavy (non-hydrogen) atoms. The molecule has 3 nitrogen and oxygen atoms in total. The minimum Gasteiger partial charge on any atom is -0.399 e. The molecule has 0 aliphatic heterocycles.